The van der Waals surface area contributed by atoms with Gasteiger partial charge in [0.25, 0.3) is 0 Å². The Hall–Kier alpha value is -3.13. The Kier molecular flexibility index (Phi) is 3.96. The molecule has 0 saturated carbocycles. The van der Waals surface area contributed by atoms with Crippen molar-refractivity contribution in [1.29, 1.82) is 0 Å². The predicted octanol–water partition coefficient (Wildman–Crippen LogP) is 6.05. The normalized spacial score (nSPS) is 11.0. The lowest BCUT2D eigenvalue weighted by Crippen LogP contribution is -1.99. The Morgan fingerprint density at radius 3 is 2.15 bits per heavy atom. The zero-order valence-electron chi connectivity index (χ0n) is 15.2. The molecule has 4 rings (SSSR count). The topological polar surface area (TPSA) is 30.2 Å². The lowest BCUT2D eigenvalue weighted by molar-refractivity contribution is 0.561. The molecule has 0 aliphatic carbocycles. The number of hydrogen-bond acceptors (Lipinski definition) is 2. The third kappa shape index (κ3) is 2.95. The zero-order valence-corrected chi connectivity index (χ0v) is 15.2. The first-order chi connectivity index (χ1) is 12.5. The van der Waals surface area contributed by atoms with Crippen molar-refractivity contribution in [3.8, 4) is 22.3 Å². The van der Waals surface area contributed by atoms with Crippen LogP contribution in [0, 0.1) is 20.8 Å². The molecule has 1 heterocycles. The molecule has 0 bridgehead atoms. The summed E-state index contributed by atoms with van der Waals surface area (Å²) in [4.78, 5) is 12.1. The van der Waals surface area contributed by atoms with Gasteiger partial charge in [-0.1, -0.05) is 60.2 Å². The molecule has 0 radical (unpaired) electrons. The number of benzene rings is 3. The SMILES string of the molecule is Cc1cccc(-c2ccc(-c3cc(=O)oc4cc(C)cc(C)c34)cc2)c1. The van der Waals surface area contributed by atoms with Gasteiger partial charge in [0.2, 0.25) is 0 Å². The highest BCUT2D eigenvalue weighted by molar-refractivity contribution is 5.96. The molecule has 4 aromatic rings. The van der Waals surface area contributed by atoms with E-state index in [0.29, 0.717) is 5.58 Å². The van der Waals surface area contributed by atoms with Gasteiger partial charge in [-0.3, -0.25) is 0 Å². The van der Waals surface area contributed by atoms with Crippen LogP contribution < -0.4 is 5.63 Å². The molecule has 0 amide bonds. The molecule has 128 valence electrons. The minimum atomic E-state index is -0.319. The van der Waals surface area contributed by atoms with Gasteiger partial charge in [0.05, 0.1) is 0 Å². The Morgan fingerprint density at radius 1 is 0.692 bits per heavy atom. The van der Waals surface area contributed by atoms with Crippen LogP contribution in [0.3, 0.4) is 0 Å². The first-order valence-corrected chi connectivity index (χ1v) is 8.74. The molecule has 0 saturated heterocycles. The highest BCUT2D eigenvalue weighted by Gasteiger charge is 2.11. The van der Waals surface area contributed by atoms with E-state index in [-0.39, 0.29) is 5.63 Å². The van der Waals surface area contributed by atoms with Crippen molar-refractivity contribution >= 4 is 11.0 Å². The maximum absolute atomic E-state index is 12.1. The minimum Gasteiger partial charge on any atom is -0.423 e. The van der Waals surface area contributed by atoms with E-state index in [2.05, 4.69) is 68.4 Å². The van der Waals surface area contributed by atoms with Crippen LogP contribution >= 0.6 is 0 Å². The van der Waals surface area contributed by atoms with Crippen molar-refractivity contribution in [2.24, 2.45) is 0 Å². The number of aryl methyl sites for hydroxylation is 3. The monoisotopic (exact) mass is 340 g/mol. The highest BCUT2D eigenvalue weighted by atomic mass is 16.4. The molecule has 0 fully saturated rings. The number of rotatable bonds is 2. The fourth-order valence-corrected chi connectivity index (χ4v) is 3.58. The van der Waals surface area contributed by atoms with Crippen molar-refractivity contribution < 1.29 is 4.42 Å². The molecule has 26 heavy (non-hydrogen) atoms. The molecule has 2 heteroatoms. The highest BCUT2D eigenvalue weighted by Crippen LogP contribution is 2.32. The van der Waals surface area contributed by atoms with Gasteiger partial charge >= 0.3 is 5.63 Å². The first-order valence-electron chi connectivity index (χ1n) is 8.74. The van der Waals surface area contributed by atoms with Crippen LogP contribution in [0.5, 0.6) is 0 Å². The molecule has 0 aliphatic rings. The molecule has 0 unspecified atom stereocenters. The molecular formula is C24H20O2. The van der Waals surface area contributed by atoms with Crippen LogP contribution in [0.1, 0.15) is 16.7 Å². The number of hydrogen-bond donors (Lipinski definition) is 0. The average molecular weight is 340 g/mol. The van der Waals surface area contributed by atoms with Gasteiger partial charge in [0.1, 0.15) is 5.58 Å². The third-order valence-electron chi connectivity index (χ3n) is 4.73. The summed E-state index contributed by atoms with van der Waals surface area (Å²) in [6.45, 7) is 6.16. The largest absolute Gasteiger partial charge is 0.423 e. The van der Waals surface area contributed by atoms with E-state index in [1.54, 1.807) is 6.07 Å². The van der Waals surface area contributed by atoms with Crippen LogP contribution in [-0.4, -0.2) is 0 Å². The summed E-state index contributed by atoms with van der Waals surface area (Å²) >= 11 is 0. The molecule has 0 atom stereocenters. The smallest absolute Gasteiger partial charge is 0.336 e. The van der Waals surface area contributed by atoms with Crippen LogP contribution in [-0.2, 0) is 0 Å². The van der Waals surface area contributed by atoms with Gasteiger partial charge in [-0.2, -0.15) is 0 Å². The van der Waals surface area contributed by atoms with Gasteiger partial charge in [-0.05, 0) is 54.7 Å². The molecule has 2 nitrogen and oxygen atoms in total. The van der Waals surface area contributed by atoms with Gasteiger partial charge in [0, 0.05) is 17.0 Å². The second kappa shape index (κ2) is 6.30. The molecule has 0 aliphatic heterocycles. The van der Waals surface area contributed by atoms with E-state index in [0.717, 1.165) is 33.2 Å². The molecule has 0 N–H and O–H groups in total. The van der Waals surface area contributed by atoms with Crippen molar-refractivity contribution in [2.75, 3.05) is 0 Å². The Morgan fingerprint density at radius 2 is 1.42 bits per heavy atom. The summed E-state index contributed by atoms with van der Waals surface area (Å²) in [7, 11) is 0. The Labute approximate surface area is 152 Å². The lowest BCUT2D eigenvalue weighted by atomic mass is 9.95. The average Bonchev–Trinajstić information content (AvgIpc) is 2.60. The summed E-state index contributed by atoms with van der Waals surface area (Å²) in [6.07, 6.45) is 0. The van der Waals surface area contributed by atoms with E-state index in [4.69, 9.17) is 4.42 Å². The second-order valence-electron chi connectivity index (χ2n) is 6.88. The van der Waals surface area contributed by atoms with Gasteiger partial charge < -0.3 is 4.42 Å². The molecule has 3 aromatic carbocycles. The maximum Gasteiger partial charge on any atom is 0.336 e. The van der Waals surface area contributed by atoms with Crippen molar-refractivity contribution in [3.05, 3.63) is 93.8 Å². The van der Waals surface area contributed by atoms with Crippen molar-refractivity contribution in [1.82, 2.24) is 0 Å². The zero-order chi connectivity index (χ0) is 18.3. The third-order valence-corrected chi connectivity index (χ3v) is 4.73. The maximum atomic E-state index is 12.1. The summed E-state index contributed by atoms with van der Waals surface area (Å²) in [5, 5.41) is 0.999. The molecule has 1 aromatic heterocycles. The van der Waals surface area contributed by atoms with Crippen LogP contribution in [0.2, 0.25) is 0 Å². The van der Waals surface area contributed by atoms with E-state index < -0.39 is 0 Å². The first kappa shape index (κ1) is 16.3. The Bertz CT molecular complexity index is 1170. The number of fused-ring (bicyclic) bond motifs is 1. The molecular weight excluding hydrogens is 320 g/mol. The quantitative estimate of drug-likeness (QED) is 0.416. The Balaban J connectivity index is 1.87. The van der Waals surface area contributed by atoms with E-state index in [1.165, 1.54) is 11.1 Å². The van der Waals surface area contributed by atoms with Gasteiger partial charge in [0.15, 0.2) is 0 Å². The minimum absolute atomic E-state index is 0.319. The van der Waals surface area contributed by atoms with E-state index >= 15 is 0 Å². The van der Waals surface area contributed by atoms with Crippen molar-refractivity contribution in [2.45, 2.75) is 20.8 Å². The van der Waals surface area contributed by atoms with Crippen LogP contribution in [0.15, 0.2) is 75.9 Å². The van der Waals surface area contributed by atoms with Gasteiger partial charge in [-0.25, -0.2) is 4.79 Å². The van der Waals surface area contributed by atoms with E-state index in [1.807, 2.05) is 13.0 Å². The van der Waals surface area contributed by atoms with Crippen LogP contribution in [0.4, 0.5) is 0 Å². The van der Waals surface area contributed by atoms with E-state index in [9.17, 15) is 4.79 Å². The fraction of sp³-hybridized carbons (Fsp3) is 0.125. The van der Waals surface area contributed by atoms with Gasteiger partial charge in [-0.15, -0.1) is 0 Å². The standard InChI is InChI=1S/C24H20O2/c1-15-5-4-6-20(12-15)18-7-9-19(10-8-18)21-14-23(25)26-22-13-16(2)11-17(3)24(21)22/h4-14H,1-3H3. The predicted molar refractivity (Wildman–Crippen MR) is 108 cm³/mol. The molecule has 0 spiro atoms. The second-order valence-corrected chi connectivity index (χ2v) is 6.88. The summed E-state index contributed by atoms with van der Waals surface area (Å²) in [5.41, 5.74) is 8.07. The van der Waals surface area contributed by atoms with Crippen LogP contribution in [0.25, 0.3) is 33.2 Å². The van der Waals surface area contributed by atoms with Crippen molar-refractivity contribution in [3.63, 3.8) is 0 Å². The summed E-state index contributed by atoms with van der Waals surface area (Å²) < 4.78 is 5.44. The summed E-state index contributed by atoms with van der Waals surface area (Å²) in [5.74, 6) is 0. The summed E-state index contributed by atoms with van der Waals surface area (Å²) in [6, 6.07) is 22.4. The fourth-order valence-electron chi connectivity index (χ4n) is 3.58. The lowest BCUT2D eigenvalue weighted by Gasteiger charge is -2.10.